The third kappa shape index (κ3) is 3.49. The molecule has 33 heavy (non-hydrogen) atoms. The van der Waals surface area contributed by atoms with Gasteiger partial charge in [-0.2, -0.15) is 0 Å². The van der Waals surface area contributed by atoms with E-state index in [0.717, 1.165) is 67.2 Å². The van der Waals surface area contributed by atoms with Crippen molar-refractivity contribution in [3.63, 3.8) is 0 Å². The van der Waals surface area contributed by atoms with Gasteiger partial charge < -0.3 is 25.0 Å². The Labute approximate surface area is 195 Å². The lowest BCUT2D eigenvalue weighted by atomic mass is 9.83. The maximum Gasteiger partial charge on any atom is 0.143 e. The molecule has 1 aromatic carbocycles. The van der Waals surface area contributed by atoms with Crippen LogP contribution in [0.25, 0.3) is 0 Å². The molecule has 1 aromatic heterocycles. The molecule has 3 atom stereocenters. The van der Waals surface area contributed by atoms with Crippen LogP contribution in [0.5, 0.6) is 5.75 Å². The Kier molecular flexibility index (Phi) is 4.95. The van der Waals surface area contributed by atoms with Gasteiger partial charge in [0.1, 0.15) is 18.2 Å². The van der Waals surface area contributed by atoms with Crippen molar-refractivity contribution in [3.8, 4) is 5.75 Å². The van der Waals surface area contributed by atoms with Crippen LogP contribution < -0.4 is 20.3 Å². The fourth-order valence-electron chi connectivity index (χ4n) is 6.70. The highest BCUT2D eigenvalue weighted by Gasteiger charge is 2.45. The highest BCUT2D eigenvalue weighted by atomic mass is 16.5. The molecule has 0 amide bonds. The van der Waals surface area contributed by atoms with Crippen LogP contribution in [0.3, 0.4) is 0 Å². The van der Waals surface area contributed by atoms with Gasteiger partial charge in [0.25, 0.3) is 0 Å². The maximum absolute atomic E-state index is 6.30. The van der Waals surface area contributed by atoms with E-state index in [1.807, 2.05) is 6.20 Å². The van der Waals surface area contributed by atoms with E-state index in [0.29, 0.717) is 12.5 Å². The van der Waals surface area contributed by atoms with Gasteiger partial charge in [0.2, 0.25) is 0 Å². The molecule has 174 valence electrons. The zero-order valence-corrected chi connectivity index (χ0v) is 19.1. The van der Waals surface area contributed by atoms with Gasteiger partial charge in [-0.05, 0) is 55.4 Å². The Morgan fingerprint density at radius 3 is 2.55 bits per heavy atom. The van der Waals surface area contributed by atoms with Gasteiger partial charge >= 0.3 is 0 Å². The topological polar surface area (TPSA) is 61.9 Å². The molecule has 4 fully saturated rings. The second kappa shape index (κ2) is 8.15. The summed E-state index contributed by atoms with van der Waals surface area (Å²) in [7, 11) is 0. The Bertz CT molecular complexity index is 1020. The minimum absolute atomic E-state index is 0.535. The molecule has 5 aliphatic rings. The molecule has 0 saturated carbocycles. The SMILES string of the molecule is c1cc(N2CCOCC2)c2c(n1)Nc1cc(C3C[C@H]4CC[C@@H](C3)N4C3CNC3)ccc1OC2. The van der Waals surface area contributed by atoms with E-state index < -0.39 is 0 Å². The van der Waals surface area contributed by atoms with Crippen molar-refractivity contribution in [1.82, 2.24) is 15.2 Å². The first kappa shape index (κ1) is 20.1. The number of morpholine rings is 1. The minimum atomic E-state index is 0.535. The molecule has 7 rings (SSSR count). The van der Waals surface area contributed by atoms with Crippen molar-refractivity contribution in [2.24, 2.45) is 0 Å². The van der Waals surface area contributed by atoms with Crippen molar-refractivity contribution in [2.75, 3.05) is 49.6 Å². The Morgan fingerprint density at radius 2 is 1.79 bits per heavy atom. The van der Waals surface area contributed by atoms with Crippen LogP contribution in [0.2, 0.25) is 0 Å². The molecule has 0 spiro atoms. The first-order valence-corrected chi connectivity index (χ1v) is 12.7. The molecule has 6 heterocycles. The lowest BCUT2D eigenvalue weighted by Crippen LogP contribution is -2.61. The van der Waals surface area contributed by atoms with Crippen LogP contribution in [-0.4, -0.2) is 67.4 Å². The third-order valence-corrected chi connectivity index (χ3v) is 8.45. The average molecular weight is 448 g/mol. The van der Waals surface area contributed by atoms with Crippen molar-refractivity contribution in [3.05, 3.63) is 41.6 Å². The van der Waals surface area contributed by atoms with E-state index in [9.17, 15) is 0 Å². The highest BCUT2D eigenvalue weighted by molar-refractivity contribution is 5.73. The summed E-state index contributed by atoms with van der Waals surface area (Å²) in [6, 6.07) is 11.2. The zero-order valence-electron chi connectivity index (χ0n) is 19.1. The number of benzene rings is 1. The molecule has 0 radical (unpaired) electrons. The molecule has 1 unspecified atom stereocenters. The molecule has 2 N–H and O–H groups in total. The number of hydrogen-bond donors (Lipinski definition) is 2. The summed E-state index contributed by atoms with van der Waals surface area (Å²) in [6.45, 7) is 6.25. The zero-order chi connectivity index (χ0) is 21.8. The van der Waals surface area contributed by atoms with E-state index in [-0.39, 0.29) is 0 Å². The van der Waals surface area contributed by atoms with E-state index in [1.54, 1.807) is 0 Å². The Morgan fingerprint density at radius 1 is 0.970 bits per heavy atom. The van der Waals surface area contributed by atoms with Gasteiger partial charge in [-0.1, -0.05) is 6.07 Å². The smallest absolute Gasteiger partial charge is 0.143 e. The fraction of sp³-hybridized carbons (Fsp3) is 0.577. The van der Waals surface area contributed by atoms with Gasteiger partial charge in [-0.25, -0.2) is 4.98 Å². The third-order valence-electron chi connectivity index (χ3n) is 8.45. The minimum Gasteiger partial charge on any atom is -0.487 e. The van der Waals surface area contributed by atoms with E-state index in [1.165, 1.54) is 50.0 Å². The van der Waals surface area contributed by atoms with Crippen molar-refractivity contribution in [2.45, 2.75) is 56.3 Å². The summed E-state index contributed by atoms with van der Waals surface area (Å²) in [5.41, 5.74) is 4.84. The molecular formula is C26H33N5O2. The number of ether oxygens (including phenoxy) is 2. The number of nitrogens with zero attached hydrogens (tertiary/aromatic N) is 3. The van der Waals surface area contributed by atoms with Crippen molar-refractivity contribution in [1.29, 1.82) is 0 Å². The summed E-state index contributed by atoms with van der Waals surface area (Å²) < 4.78 is 11.8. The molecule has 2 aromatic rings. The molecule has 0 aliphatic carbocycles. The monoisotopic (exact) mass is 447 g/mol. The van der Waals surface area contributed by atoms with Crippen LogP contribution in [-0.2, 0) is 11.3 Å². The fourth-order valence-corrected chi connectivity index (χ4v) is 6.70. The quantitative estimate of drug-likeness (QED) is 0.749. The normalized spacial score (nSPS) is 29.3. The first-order chi connectivity index (χ1) is 16.3. The largest absolute Gasteiger partial charge is 0.487 e. The van der Waals surface area contributed by atoms with E-state index in [2.05, 4.69) is 44.7 Å². The number of pyridine rings is 1. The second-order valence-electron chi connectivity index (χ2n) is 10.2. The second-order valence-corrected chi connectivity index (χ2v) is 10.2. The van der Waals surface area contributed by atoms with Crippen LogP contribution in [0.15, 0.2) is 30.5 Å². The lowest BCUT2D eigenvalue weighted by Gasteiger charge is -2.47. The Hall–Kier alpha value is -2.35. The van der Waals surface area contributed by atoms with Crippen molar-refractivity contribution >= 4 is 17.2 Å². The van der Waals surface area contributed by atoms with Crippen LogP contribution in [0.4, 0.5) is 17.2 Å². The highest BCUT2D eigenvalue weighted by Crippen LogP contribution is 2.46. The van der Waals surface area contributed by atoms with Crippen molar-refractivity contribution < 1.29 is 9.47 Å². The molecule has 4 saturated heterocycles. The van der Waals surface area contributed by atoms with E-state index >= 15 is 0 Å². The van der Waals surface area contributed by atoms with Gasteiger partial charge in [0.15, 0.2) is 0 Å². The van der Waals surface area contributed by atoms with Crippen LogP contribution in [0.1, 0.15) is 42.7 Å². The number of anilines is 3. The summed E-state index contributed by atoms with van der Waals surface area (Å²) in [4.78, 5) is 9.93. The Balaban J connectivity index is 1.14. The summed E-state index contributed by atoms with van der Waals surface area (Å²) in [5, 5.41) is 7.10. The standard InChI is InChI=1S/C26H33N5O2/c1-4-25-23(13-17(1)18-11-19-2-3-20(12-18)31(19)21-14-27-15-21)29-26-22(16-33-25)24(5-6-28-26)30-7-9-32-10-8-30/h1,4-6,13,18-21,27H,2-3,7-12,14-16H2,(H,28,29)/t18?,19-,20+. The van der Waals surface area contributed by atoms with Gasteiger partial charge in [0.05, 0.1) is 24.5 Å². The summed E-state index contributed by atoms with van der Waals surface area (Å²) >= 11 is 0. The summed E-state index contributed by atoms with van der Waals surface area (Å²) in [6.07, 6.45) is 7.21. The van der Waals surface area contributed by atoms with Gasteiger partial charge in [-0.3, -0.25) is 4.90 Å². The molecular weight excluding hydrogens is 414 g/mol. The maximum atomic E-state index is 6.30. The predicted molar refractivity (Wildman–Crippen MR) is 129 cm³/mol. The predicted octanol–water partition coefficient (Wildman–Crippen LogP) is 3.24. The number of hydrogen-bond acceptors (Lipinski definition) is 7. The number of fused-ring (bicyclic) bond motifs is 4. The molecule has 2 bridgehead atoms. The van der Waals surface area contributed by atoms with E-state index in [4.69, 9.17) is 14.5 Å². The van der Waals surface area contributed by atoms with Crippen LogP contribution >= 0.6 is 0 Å². The first-order valence-electron chi connectivity index (χ1n) is 12.7. The van der Waals surface area contributed by atoms with Gasteiger partial charge in [-0.15, -0.1) is 0 Å². The van der Waals surface area contributed by atoms with Crippen LogP contribution in [0, 0.1) is 0 Å². The van der Waals surface area contributed by atoms with Gasteiger partial charge in [0, 0.05) is 56.2 Å². The number of aromatic nitrogens is 1. The average Bonchev–Trinajstić information content (AvgIpc) is 2.99. The molecule has 5 aliphatic heterocycles. The summed E-state index contributed by atoms with van der Waals surface area (Å²) in [5.74, 6) is 2.47. The number of nitrogens with one attached hydrogen (secondary N) is 2. The number of piperidine rings is 1. The molecule has 7 heteroatoms. The lowest BCUT2D eigenvalue weighted by molar-refractivity contribution is 0.0497. The molecule has 7 nitrogen and oxygen atoms in total. The number of rotatable bonds is 3.